The zero-order chi connectivity index (χ0) is 15.6. The van der Waals surface area contributed by atoms with E-state index in [1.165, 1.54) is 0 Å². The molecule has 7 nitrogen and oxygen atoms in total. The van der Waals surface area contributed by atoms with Crippen molar-refractivity contribution < 1.29 is 19.4 Å². The molecule has 0 spiro atoms. The van der Waals surface area contributed by atoms with E-state index in [9.17, 15) is 9.59 Å². The Morgan fingerprint density at radius 2 is 2.41 bits per heavy atom. The molecule has 1 amide bonds. The van der Waals surface area contributed by atoms with Gasteiger partial charge in [-0.25, -0.2) is 4.98 Å². The number of nitrogens with zero attached hydrogens (tertiary/aromatic N) is 2. The van der Waals surface area contributed by atoms with E-state index in [0.717, 1.165) is 25.0 Å². The molecule has 1 aromatic rings. The third-order valence-electron chi connectivity index (χ3n) is 4.54. The molecule has 2 unspecified atom stereocenters. The van der Waals surface area contributed by atoms with Crippen LogP contribution in [0.1, 0.15) is 31.4 Å². The van der Waals surface area contributed by atoms with Gasteiger partial charge in [0.15, 0.2) is 0 Å². The number of carboxylic acids is 1. The number of imidazole rings is 1. The Bertz CT molecular complexity index is 563. The second kappa shape index (κ2) is 6.08. The van der Waals surface area contributed by atoms with Crippen LogP contribution in [0, 0.1) is 5.92 Å². The fourth-order valence-electron chi connectivity index (χ4n) is 3.37. The summed E-state index contributed by atoms with van der Waals surface area (Å²) in [5.41, 5.74) is 0.376. The first-order valence-electron chi connectivity index (χ1n) is 7.69. The molecule has 3 rings (SSSR count). The summed E-state index contributed by atoms with van der Waals surface area (Å²) >= 11 is 0. The lowest BCUT2D eigenvalue weighted by atomic mass is 9.87. The third-order valence-corrected chi connectivity index (χ3v) is 4.54. The van der Waals surface area contributed by atoms with Crippen LogP contribution in [0.15, 0.2) is 12.5 Å². The van der Waals surface area contributed by atoms with Gasteiger partial charge < -0.3 is 19.7 Å². The fraction of sp³-hybridized carbons (Fsp3) is 0.667. The van der Waals surface area contributed by atoms with Gasteiger partial charge in [0, 0.05) is 25.0 Å². The molecule has 0 aromatic carbocycles. The van der Waals surface area contributed by atoms with E-state index in [-0.39, 0.29) is 24.9 Å². The van der Waals surface area contributed by atoms with E-state index < -0.39 is 11.5 Å². The fourth-order valence-corrected chi connectivity index (χ4v) is 3.37. The normalized spacial score (nSPS) is 27.9. The van der Waals surface area contributed by atoms with Gasteiger partial charge in [-0.15, -0.1) is 0 Å². The molecule has 0 saturated carbocycles. The molecule has 120 valence electrons. The number of fused-ring (bicyclic) bond motifs is 1. The molecule has 22 heavy (non-hydrogen) atoms. The molecule has 0 radical (unpaired) electrons. The van der Waals surface area contributed by atoms with Crippen LogP contribution in [0.25, 0.3) is 0 Å². The van der Waals surface area contributed by atoms with E-state index in [1.807, 2.05) is 10.8 Å². The van der Waals surface area contributed by atoms with Crippen LogP contribution in [-0.4, -0.2) is 45.3 Å². The second-order valence-electron chi connectivity index (χ2n) is 6.27. The van der Waals surface area contributed by atoms with Gasteiger partial charge in [-0.3, -0.25) is 9.59 Å². The number of carboxylic acid groups (broad SMARTS) is 1. The summed E-state index contributed by atoms with van der Waals surface area (Å²) in [4.78, 5) is 27.8. The molecule has 0 aliphatic carbocycles. The summed E-state index contributed by atoms with van der Waals surface area (Å²) in [5, 5.41) is 12.1. The molecular formula is C15H21N3O4. The maximum absolute atomic E-state index is 12.6. The number of aromatic nitrogens is 2. The van der Waals surface area contributed by atoms with Gasteiger partial charge in [0.05, 0.1) is 30.8 Å². The van der Waals surface area contributed by atoms with Crippen molar-refractivity contribution >= 4 is 11.9 Å². The molecule has 7 heteroatoms. The largest absolute Gasteiger partial charge is 0.481 e. The average Bonchev–Trinajstić information content (AvgIpc) is 2.94. The highest BCUT2D eigenvalue weighted by Gasteiger charge is 2.38. The van der Waals surface area contributed by atoms with Gasteiger partial charge in [0.1, 0.15) is 0 Å². The van der Waals surface area contributed by atoms with Crippen LogP contribution in [0.5, 0.6) is 0 Å². The summed E-state index contributed by atoms with van der Waals surface area (Å²) in [6.45, 7) is 1.50. The smallest absolute Gasteiger partial charge is 0.305 e. The minimum Gasteiger partial charge on any atom is -0.481 e. The van der Waals surface area contributed by atoms with Gasteiger partial charge in [0.2, 0.25) is 5.91 Å². The van der Waals surface area contributed by atoms with Crippen LogP contribution < -0.4 is 5.32 Å². The van der Waals surface area contributed by atoms with Crippen LogP contribution in [0.2, 0.25) is 0 Å². The Labute approximate surface area is 128 Å². The number of carbonyl (C=O) groups excluding carboxylic acids is 1. The van der Waals surface area contributed by atoms with Crippen molar-refractivity contribution in [2.75, 3.05) is 13.2 Å². The zero-order valence-corrected chi connectivity index (χ0v) is 12.5. The molecular weight excluding hydrogens is 286 g/mol. The molecule has 1 saturated heterocycles. The Balaban J connectivity index is 1.67. The highest BCUT2D eigenvalue weighted by Crippen LogP contribution is 2.26. The van der Waals surface area contributed by atoms with Gasteiger partial charge in [-0.05, 0) is 25.7 Å². The van der Waals surface area contributed by atoms with Crippen molar-refractivity contribution in [3.8, 4) is 0 Å². The Morgan fingerprint density at radius 3 is 3.14 bits per heavy atom. The highest BCUT2D eigenvalue weighted by molar-refractivity contribution is 5.80. The van der Waals surface area contributed by atoms with E-state index in [2.05, 4.69) is 10.3 Å². The highest BCUT2D eigenvalue weighted by atomic mass is 16.5. The standard InChI is InChI=1S/C15H21N3O4/c19-13(20)6-15(4-1-5-22-9-15)17-14(21)11-2-3-12-7-16-10-18(12)8-11/h7,10-11H,1-6,8-9H2,(H,17,21)(H,19,20). The number of rotatable bonds is 4. The van der Waals surface area contributed by atoms with Crippen molar-refractivity contribution in [2.45, 2.75) is 44.2 Å². The number of hydrogen-bond acceptors (Lipinski definition) is 4. The van der Waals surface area contributed by atoms with Crippen molar-refractivity contribution in [3.05, 3.63) is 18.2 Å². The summed E-state index contributed by atoms with van der Waals surface area (Å²) in [5.74, 6) is -1.13. The van der Waals surface area contributed by atoms with E-state index in [0.29, 0.717) is 19.6 Å². The SMILES string of the molecule is O=C(O)CC1(NC(=O)C2CCc3cncn3C2)CCCOC1. The van der Waals surface area contributed by atoms with Crippen molar-refractivity contribution in [1.29, 1.82) is 0 Å². The van der Waals surface area contributed by atoms with E-state index in [4.69, 9.17) is 9.84 Å². The molecule has 2 aliphatic heterocycles. The van der Waals surface area contributed by atoms with Gasteiger partial charge in [-0.1, -0.05) is 0 Å². The number of ether oxygens (including phenoxy) is 1. The molecule has 2 aliphatic rings. The van der Waals surface area contributed by atoms with Gasteiger partial charge in [-0.2, -0.15) is 0 Å². The van der Waals surface area contributed by atoms with Gasteiger partial charge in [0.25, 0.3) is 0 Å². The molecule has 2 N–H and O–H groups in total. The minimum atomic E-state index is -0.911. The third kappa shape index (κ3) is 3.14. The summed E-state index contributed by atoms with van der Waals surface area (Å²) in [6, 6.07) is 0. The Hall–Kier alpha value is -1.89. The summed E-state index contributed by atoms with van der Waals surface area (Å²) in [6.07, 6.45) is 6.47. The predicted molar refractivity (Wildman–Crippen MR) is 77.2 cm³/mol. The first kappa shape index (κ1) is 15.0. The molecule has 3 heterocycles. The number of aliphatic carboxylic acids is 1. The van der Waals surface area contributed by atoms with Crippen molar-refractivity contribution in [1.82, 2.24) is 14.9 Å². The zero-order valence-electron chi connectivity index (χ0n) is 12.5. The lowest BCUT2D eigenvalue weighted by Gasteiger charge is -2.38. The second-order valence-corrected chi connectivity index (χ2v) is 6.27. The summed E-state index contributed by atoms with van der Waals surface area (Å²) < 4.78 is 7.42. The maximum Gasteiger partial charge on any atom is 0.305 e. The van der Waals surface area contributed by atoms with Crippen LogP contribution in [0.4, 0.5) is 0 Å². The van der Waals surface area contributed by atoms with E-state index >= 15 is 0 Å². The monoisotopic (exact) mass is 307 g/mol. The van der Waals surface area contributed by atoms with Crippen LogP contribution in [-0.2, 0) is 27.3 Å². The molecule has 1 fully saturated rings. The number of hydrogen-bond donors (Lipinski definition) is 2. The number of aryl methyl sites for hydroxylation is 1. The lowest BCUT2D eigenvalue weighted by molar-refractivity contribution is -0.142. The Kier molecular flexibility index (Phi) is 4.15. The molecule has 0 bridgehead atoms. The number of carbonyl (C=O) groups is 2. The average molecular weight is 307 g/mol. The molecule has 2 atom stereocenters. The maximum atomic E-state index is 12.6. The minimum absolute atomic E-state index is 0.0777. The first-order valence-corrected chi connectivity index (χ1v) is 7.69. The number of nitrogens with one attached hydrogen (secondary N) is 1. The quantitative estimate of drug-likeness (QED) is 0.849. The lowest BCUT2D eigenvalue weighted by Crippen LogP contribution is -2.57. The van der Waals surface area contributed by atoms with Gasteiger partial charge >= 0.3 is 5.97 Å². The van der Waals surface area contributed by atoms with Crippen molar-refractivity contribution in [2.24, 2.45) is 5.92 Å². The summed E-state index contributed by atoms with van der Waals surface area (Å²) in [7, 11) is 0. The van der Waals surface area contributed by atoms with Crippen LogP contribution >= 0.6 is 0 Å². The van der Waals surface area contributed by atoms with E-state index in [1.54, 1.807) is 6.33 Å². The number of amides is 1. The van der Waals surface area contributed by atoms with Crippen LogP contribution in [0.3, 0.4) is 0 Å². The topological polar surface area (TPSA) is 93.5 Å². The van der Waals surface area contributed by atoms with Crippen molar-refractivity contribution in [3.63, 3.8) is 0 Å². The molecule has 1 aromatic heterocycles. The Morgan fingerprint density at radius 1 is 1.55 bits per heavy atom. The first-order chi connectivity index (χ1) is 10.6. The predicted octanol–water partition coefficient (Wildman–Crippen LogP) is 0.586.